The standard InChI is InChI=1S/C15H25N3/c1-11-10-12(2)16-13(3)15(11)18-9-7-6-8-17(5)14(18)4/h10,14H,6-9H2,1-5H3/t14-/m0/s1. The molecule has 0 aliphatic carbocycles. The van der Waals surface area contributed by atoms with Crippen LogP contribution in [0.25, 0.3) is 0 Å². The third-order valence-electron chi connectivity index (χ3n) is 4.02. The van der Waals surface area contributed by atoms with Crippen LogP contribution >= 0.6 is 0 Å². The van der Waals surface area contributed by atoms with Crippen LogP contribution < -0.4 is 4.90 Å². The normalized spacial score (nSPS) is 22.1. The summed E-state index contributed by atoms with van der Waals surface area (Å²) >= 11 is 0. The van der Waals surface area contributed by atoms with E-state index in [4.69, 9.17) is 0 Å². The summed E-state index contributed by atoms with van der Waals surface area (Å²) in [6, 6.07) is 2.19. The zero-order chi connectivity index (χ0) is 13.3. The van der Waals surface area contributed by atoms with Crippen molar-refractivity contribution in [3.63, 3.8) is 0 Å². The minimum absolute atomic E-state index is 0.453. The summed E-state index contributed by atoms with van der Waals surface area (Å²) in [7, 11) is 2.22. The Bertz CT molecular complexity index is 405. The molecule has 1 atom stereocenters. The molecule has 0 bridgehead atoms. The molecule has 1 aliphatic heterocycles. The lowest BCUT2D eigenvalue weighted by Crippen LogP contribution is -2.44. The first-order chi connectivity index (χ1) is 8.50. The van der Waals surface area contributed by atoms with E-state index >= 15 is 0 Å². The molecular weight excluding hydrogens is 222 g/mol. The van der Waals surface area contributed by atoms with E-state index in [1.165, 1.54) is 30.6 Å². The van der Waals surface area contributed by atoms with Gasteiger partial charge in [0.1, 0.15) is 0 Å². The molecule has 0 N–H and O–H groups in total. The second kappa shape index (κ2) is 5.27. The van der Waals surface area contributed by atoms with Crippen molar-refractivity contribution in [3.8, 4) is 0 Å². The van der Waals surface area contributed by atoms with Gasteiger partial charge >= 0.3 is 0 Å². The van der Waals surface area contributed by atoms with E-state index in [9.17, 15) is 0 Å². The van der Waals surface area contributed by atoms with Gasteiger partial charge in [0.25, 0.3) is 0 Å². The van der Waals surface area contributed by atoms with Crippen LogP contribution in [0.3, 0.4) is 0 Å². The van der Waals surface area contributed by atoms with Crippen molar-refractivity contribution in [2.24, 2.45) is 0 Å². The van der Waals surface area contributed by atoms with Gasteiger partial charge in [-0.05, 0) is 65.8 Å². The van der Waals surface area contributed by atoms with Gasteiger partial charge in [-0.25, -0.2) is 0 Å². The summed E-state index contributed by atoms with van der Waals surface area (Å²) in [6.45, 7) is 11.0. The molecule has 2 heterocycles. The predicted octanol–water partition coefficient (Wildman–Crippen LogP) is 2.88. The van der Waals surface area contributed by atoms with Crippen LogP contribution in [0.1, 0.15) is 36.7 Å². The minimum Gasteiger partial charge on any atom is -0.354 e. The maximum Gasteiger partial charge on any atom is 0.0790 e. The number of aromatic nitrogens is 1. The highest BCUT2D eigenvalue weighted by molar-refractivity contribution is 5.57. The summed E-state index contributed by atoms with van der Waals surface area (Å²) < 4.78 is 0. The molecule has 0 aromatic carbocycles. The van der Waals surface area contributed by atoms with Gasteiger partial charge in [-0.3, -0.25) is 9.88 Å². The van der Waals surface area contributed by atoms with Crippen molar-refractivity contribution >= 4 is 5.69 Å². The summed E-state index contributed by atoms with van der Waals surface area (Å²) in [6.07, 6.45) is 3.00. The SMILES string of the molecule is Cc1cc(C)c(N2CCCCN(C)[C@@H]2C)c(C)n1. The van der Waals surface area contributed by atoms with Crippen LogP contribution in [0.5, 0.6) is 0 Å². The van der Waals surface area contributed by atoms with Crippen LogP contribution in [-0.4, -0.2) is 36.2 Å². The van der Waals surface area contributed by atoms with E-state index in [0.717, 1.165) is 17.9 Å². The molecule has 0 saturated carbocycles. The summed E-state index contributed by atoms with van der Waals surface area (Å²) in [5.74, 6) is 0. The second-order valence-corrected chi connectivity index (χ2v) is 5.53. The number of rotatable bonds is 1. The molecule has 0 unspecified atom stereocenters. The predicted molar refractivity (Wildman–Crippen MR) is 77.1 cm³/mol. The van der Waals surface area contributed by atoms with Crippen molar-refractivity contribution < 1.29 is 0 Å². The molecule has 0 amide bonds. The molecule has 18 heavy (non-hydrogen) atoms. The van der Waals surface area contributed by atoms with Crippen LogP contribution in [0, 0.1) is 20.8 Å². The number of nitrogens with zero attached hydrogens (tertiary/aromatic N) is 3. The number of anilines is 1. The Hall–Kier alpha value is -1.09. The average Bonchev–Trinajstić information content (AvgIpc) is 2.43. The molecule has 3 heteroatoms. The van der Waals surface area contributed by atoms with E-state index in [1.54, 1.807) is 0 Å². The lowest BCUT2D eigenvalue weighted by atomic mass is 10.1. The van der Waals surface area contributed by atoms with Gasteiger partial charge in [-0.1, -0.05) is 0 Å². The number of hydrogen-bond acceptors (Lipinski definition) is 3. The van der Waals surface area contributed by atoms with Crippen molar-refractivity contribution in [2.75, 3.05) is 25.0 Å². The fourth-order valence-electron chi connectivity index (χ4n) is 3.00. The van der Waals surface area contributed by atoms with Crippen molar-refractivity contribution in [1.29, 1.82) is 0 Å². The summed E-state index contributed by atoms with van der Waals surface area (Å²) in [5, 5.41) is 0. The molecule has 1 aromatic rings. The first-order valence-corrected chi connectivity index (χ1v) is 6.92. The van der Waals surface area contributed by atoms with Crippen LogP contribution in [0.2, 0.25) is 0 Å². The van der Waals surface area contributed by atoms with E-state index in [0.29, 0.717) is 6.17 Å². The zero-order valence-corrected chi connectivity index (χ0v) is 12.3. The molecule has 3 nitrogen and oxygen atoms in total. The molecule has 0 spiro atoms. The molecule has 1 aliphatic rings. The van der Waals surface area contributed by atoms with Gasteiger partial charge in [-0.15, -0.1) is 0 Å². The second-order valence-electron chi connectivity index (χ2n) is 5.53. The summed E-state index contributed by atoms with van der Waals surface area (Å²) in [4.78, 5) is 9.59. The highest BCUT2D eigenvalue weighted by Crippen LogP contribution is 2.28. The molecule has 100 valence electrons. The van der Waals surface area contributed by atoms with Gasteiger partial charge in [-0.2, -0.15) is 0 Å². The Balaban J connectivity index is 2.40. The fraction of sp³-hybridized carbons (Fsp3) is 0.667. The maximum atomic E-state index is 4.64. The van der Waals surface area contributed by atoms with Gasteiger partial charge in [0, 0.05) is 12.2 Å². The third-order valence-corrected chi connectivity index (χ3v) is 4.02. The fourth-order valence-corrected chi connectivity index (χ4v) is 3.00. The van der Waals surface area contributed by atoms with E-state index in [2.05, 4.69) is 55.6 Å². The smallest absolute Gasteiger partial charge is 0.0790 e. The van der Waals surface area contributed by atoms with Gasteiger partial charge in [0.2, 0.25) is 0 Å². The molecule has 1 fully saturated rings. The van der Waals surface area contributed by atoms with Crippen LogP contribution in [0.15, 0.2) is 6.07 Å². The Morgan fingerprint density at radius 3 is 2.50 bits per heavy atom. The Morgan fingerprint density at radius 2 is 1.83 bits per heavy atom. The molecular formula is C15H25N3. The molecule has 2 rings (SSSR count). The van der Waals surface area contributed by atoms with Gasteiger partial charge in [0.05, 0.1) is 17.5 Å². The van der Waals surface area contributed by atoms with Crippen molar-refractivity contribution in [2.45, 2.75) is 46.7 Å². The number of aryl methyl sites for hydroxylation is 3. The van der Waals surface area contributed by atoms with Crippen molar-refractivity contribution in [3.05, 3.63) is 23.0 Å². The Kier molecular flexibility index (Phi) is 3.91. The highest BCUT2D eigenvalue weighted by atomic mass is 15.3. The molecule has 1 saturated heterocycles. The van der Waals surface area contributed by atoms with E-state index in [-0.39, 0.29) is 0 Å². The molecule has 1 aromatic heterocycles. The van der Waals surface area contributed by atoms with Crippen LogP contribution in [0.4, 0.5) is 5.69 Å². The quantitative estimate of drug-likeness (QED) is 0.760. The minimum atomic E-state index is 0.453. The first kappa shape index (κ1) is 13.3. The van der Waals surface area contributed by atoms with Crippen LogP contribution in [-0.2, 0) is 0 Å². The zero-order valence-electron chi connectivity index (χ0n) is 12.3. The van der Waals surface area contributed by atoms with Crippen molar-refractivity contribution in [1.82, 2.24) is 9.88 Å². The van der Waals surface area contributed by atoms with E-state index < -0.39 is 0 Å². The number of pyridine rings is 1. The monoisotopic (exact) mass is 247 g/mol. The summed E-state index contributed by atoms with van der Waals surface area (Å²) in [5.41, 5.74) is 4.96. The lowest BCUT2D eigenvalue weighted by molar-refractivity contribution is 0.266. The topological polar surface area (TPSA) is 19.4 Å². The third kappa shape index (κ3) is 2.51. The lowest BCUT2D eigenvalue weighted by Gasteiger charge is -2.36. The average molecular weight is 247 g/mol. The number of hydrogen-bond donors (Lipinski definition) is 0. The Labute approximate surface area is 111 Å². The van der Waals surface area contributed by atoms with E-state index in [1.807, 2.05) is 0 Å². The highest BCUT2D eigenvalue weighted by Gasteiger charge is 2.24. The molecule has 0 radical (unpaired) electrons. The first-order valence-electron chi connectivity index (χ1n) is 6.92. The van der Waals surface area contributed by atoms with Gasteiger partial charge in [0.15, 0.2) is 0 Å². The Morgan fingerprint density at radius 1 is 1.17 bits per heavy atom. The largest absolute Gasteiger partial charge is 0.354 e. The maximum absolute atomic E-state index is 4.64. The van der Waals surface area contributed by atoms with Gasteiger partial charge < -0.3 is 4.90 Å².